The molecule has 26 heavy (non-hydrogen) atoms. The zero-order valence-electron chi connectivity index (χ0n) is 13.6. The van der Waals surface area contributed by atoms with E-state index in [-0.39, 0.29) is 5.56 Å². The van der Waals surface area contributed by atoms with E-state index in [9.17, 15) is 9.90 Å². The number of carboxylic acid groups (broad SMARTS) is 1. The Kier molecular flexibility index (Phi) is 3.95. The number of nitrogens with one attached hydrogen (secondary N) is 2. The number of nitrogens with zero attached hydrogens (tertiary/aromatic N) is 3. The molecule has 0 radical (unpaired) electrons. The van der Waals surface area contributed by atoms with Crippen molar-refractivity contribution in [1.82, 2.24) is 14.9 Å². The highest BCUT2D eigenvalue weighted by atomic mass is 16.4. The molecule has 0 amide bonds. The fourth-order valence-corrected chi connectivity index (χ4v) is 2.67. The molecule has 0 aliphatic carbocycles. The maximum atomic E-state index is 11.3. The van der Waals surface area contributed by atoms with E-state index in [1.54, 1.807) is 35.2 Å². The van der Waals surface area contributed by atoms with Gasteiger partial charge in [0.15, 0.2) is 0 Å². The highest BCUT2D eigenvalue weighted by molar-refractivity contribution is 5.99. The van der Waals surface area contributed by atoms with Crippen molar-refractivity contribution in [3.63, 3.8) is 0 Å². The summed E-state index contributed by atoms with van der Waals surface area (Å²) in [4.78, 5) is 11.3. The molecule has 0 saturated carbocycles. The predicted octanol–water partition coefficient (Wildman–Crippen LogP) is 3.69. The SMILES string of the molecule is O=C(O)c1ccccc1Nc1ccc2c(C=Nn3cccc3)[nH]nc2c1. The monoisotopic (exact) mass is 345 g/mol. The molecule has 2 aromatic carbocycles. The van der Waals surface area contributed by atoms with Crippen LogP contribution in [-0.2, 0) is 0 Å². The van der Waals surface area contributed by atoms with Crippen LogP contribution in [0.1, 0.15) is 16.1 Å². The van der Waals surface area contributed by atoms with Crippen LogP contribution in [-0.4, -0.2) is 32.2 Å². The van der Waals surface area contributed by atoms with Gasteiger partial charge in [0.2, 0.25) is 0 Å². The lowest BCUT2D eigenvalue weighted by Crippen LogP contribution is -2.02. The Bertz CT molecular complexity index is 1100. The molecular formula is C19H15N5O2. The number of aromatic amines is 1. The van der Waals surface area contributed by atoms with Crippen LogP contribution < -0.4 is 5.32 Å². The van der Waals surface area contributed by atoms with Gasteiger partial charge < -0.3 is 10.4 Å². The van der Waals surface area contributed by atoms with Gasteiger partial charge in [-0.1, -0.05) is 12.1 Å². The second kappa shape index (κ2) is 6.56. The summed E-state index contributed by atoms with van der Waals surface area (Å²) >= 11 is 0. The molecular weight excluding hydrogens is 330 g/mol. The summed E-state index contributed by atoms with van der Waals surface area (Å²) in [5.41, 5.74) is 3.06. The third kappa shape index (κ3) is 3.05. The second-order valence-electron chi connectivity index (χ2n) is 5.65. The third-order valence-corrected chi connectivity index (χ3v) is 3.93. The lowest BCUT2D eigenvalue weighted by Gasteiger charge is -2.09. The van der Waals surface area contributed by atoms with E-state index in [4.69, 9.17) is 0 Å². The first-order valence-electron chi connectivity index (χ1n) is 7.95. The van der Waals surface area contributed by atoms with E-state index in [0.717, 1.165) is 22.3 Å². The molecule has 0 aliphatic heterocycles. The largest absolute Gasteiger partial charge is 0.478 e. The molecule has 7 nitrogen and oxygen atoms in total. The maximum Gasteiger partial charge on any atom is 0.337 e. The first kappa shape index (κ1) is 15.6. The highest BCUT2D eigenvalue weighted by Gasteiger charge is 2.10. The molecule has 0 bridgehead atoms. The van der Waals surface area contributed by atoms with Gasteiger partial charge in [-0.2, -0.15) is 10.2 Å². The van der Waals surface area contributed by atoms with Gasteiger partial charge in [0, 0.05) is 23.5 Å². The van der Waals surface area contributed by atoms with E-state index in [1.807, 2.05) is 42.7 Å². The quantitative estimate of drug-likeness (QED) is 0.481. The Morgan fingerprint density at radius 2 is 1.96 bits per heavy atom. The molecule has 0 unspecified atom stereocenters. The van der Waals surface area contributed by atoms with Crippen molar-refractivity contribution < 1.29 is 9.90 Å². The first-order chi connectivity index (χ1) is 12.7. The molecule has 0 atom stereocenters. The van der Waals surface area contributed by atoms with Gasteiger partial charge in [-0.3, -0.25) is 5.10 Å². The number of hydrogen-bond acceptors (Lipinski definition) is 4. The summed E-state index contributed by atoms with van der Waals surface area (Å²) in [6.07, 6.45) is 5.40. The fraction of sp³-hybridized carbons (Fsp3) is 0. The minimum absolute atomic E-state index is 0.217. The molecule has 3 N–H and O–H groups in total. The van der Waals surface area contributed by atoms with Crippen molar-refractivity contribution in [2.24, 2.45) is 5.10 Å². The number of carbonyl (C=O) groups is 1. The molecule has 2 aromatic heterocycles. The second-order valence-corrected chi connectivity index (χ2v) is 5.65. The fourth-order valence-electron chi connectivity index (χ4n) is 2.67. The topological polar surface area (TPSA) is 95.3 Å². The maximum absolute atomic E-state index is 11.3. The van der Waals surface area contributed by atoms with Gasteiger partial charge in [-0.15, -0.1) is 0 Å². The number of fused-ring (bicyclic) bond motifs is 1. The number of aromatic carboxylic acids is 1. The molecule has 0 saturated heterocycles. The average molecular weight is 345 g/mol. The number of benzene rings is 2. The van der Waals surface area contributed by atoms with Crippen LogP contribution in [0.25, 0.3) is 10.9 Å². The molecule has 0 aliphatic rings. The Morgan fingerprint density at radius 3 is 2.77 bits per heavy atom. The number of carboxylic acids is 1. The van der Waals surface area contributed by atoms with E-state index in [2.05, 4.69) is 20.6 Å². The smallest absolute Gasteiger partial charge is 0.337 e. The summed E-state index contributed by atoms with van der Waals surface area (Å²) in [6.45, 7) is 0. The summed E-state index contributed by atoms with van der Waals surface area (Å²) in [5.74, 6) is -0.975. The van der Waals surface area contributed by atoms with Gasteiger partial charge in [-0.25, -0.2) is 9.47 Å². The number of rotatable bonds is 5. The first-order valence-corrected chi connectivity index (χ1v) is 7.95. The van der Waals surface area contributed by atoms with Crippen molar-refractivity contribution in [2.75, 3.05) is 5.32 Å². The van der Waals surface area contributed by atoms with Crippen LogP contribution in [0.5, 0.6) is 0 Å². The molecule has 0 spiro atoms. The number of anilines is 2. The van der Waals surface area contributed by atoms with Gasteiger partial charge in [0.05, 0.1) is 28.7 Å². The summed E-state index contributed by atoms with van der Waals surface area (Å²) in [5, 5.41) is 24.9. The minimum atomic E-state index is -0.975. The van der Waals surface area contributed by atoms with Crippen molar-refractivity contribution >= 4 is 34.5 Å². The Morgan fingerprint density at radius 1 is 1.15 bits per heavy atom. The number of aromatic nitrogens is 3. The molecule has 4 rings (SSSR count). The lowest BCUT2D eigenvalue weighted by atomic mass is 10.1. The average Bonchev–Trinajstić information content (AvgIpc) is 3.29. The van der Waals surface area contributed by atoms with Crippen molar-refractivity contribution in [2.45, 2.75) is 0 Å². The molecule has 7 heteroatoms. The molecule has 128 valence electrons. The zero-order chi connectivity index (χ0) is 17.9. The number of H-pyrrole nitrogens is 1. The Labute approximate surface area is 148 Å². The van der Waals surface area contributed by atoms with Gasteiger partial charge in [0.1, 0.15) is 0 Å². The number of hydrogen-bond donors (Lipinski definition) is 3. The molecule has 0 fully saturated rings. The van der Waals surface area contributed by atoms with Crippen LogP contribution in [0.4, 0.5) is 11.4 Å². The van der Waals surface area contributed by atoms with Gasteiger partial charge >= 0.3 is 5.97 Å². The Hall–Kier alpha value is -3.87. The van der Waals surface area contributed by atoms with Crippen molar-refractivity contribution in [1.29, 1.82) is 0 Å². The van der Waals surface area contributed by atoms with E-state index < -0.39 is 5.97 Å². The Balaban J connectivity index is 1.62. The molecule has 4 aromatic rings. The standard InChI is InChI=1S/C19H15N5O2/c25-19(26)15-5-1-2-6-16(15)21-13-7-8-14-17(11-13)22-23-18(14)12-20-24-9-3-4-10-24/h1-12,21H,(H,22,23)(H,25,26). The highest BCUT2D eigenvalue weighted by Crippen LogP contribution is 2.24. The third-order valence-electron chi connectivity index (χ3n) is 3.93. The van der Waals surface area contributed by atoms with Crippen LogP contribution in [0.15, 0.2) is 72.1 Å². The zero-order valence-corrected chi connectivity index (χ0v) is 13.6. The van der Waals surface area contributed by atoms with Crippen molar-refractivity contribution in [3.05, 3.63) is 78.2 Å². The van der Waals surface area contributed by atoms with E-state index in [1.165, 1.54) is 0 Å². The lowest BCUT2D eigenvalue weighted by molar-refractivity contribution is 0.0698. The van der Waals surface area contributed by atoms with E-state index in [0.29, 0.717) is 5.69 Å². The van der Waals surface area contributed by atoms with Crippen molar-refractivity contribution in [3.8, 4) is 0 Å². The summed E-state index contributed by atoms with van der Waals surface area (Å²) < 4.78 is 1.70. The normalized spacial score (nSPS) is 11.2. The van der Waals surface area contributed by atoms with Gasteiger partial charge in [0.25, 0.3) is 0 Å². The summed E-state index contributed by atoms with van der Waals surface area (Å²) in [7, 11) is 0. The molecule has 2 heterocycles. The van der Waals surface area contributed by atoms with Gasteiger partial charge in [-0.05, 0) is 42.5 Å². The summed E-state index contributed by atoms with van der Waals surface area (Å²) in [6, 6.07) is 16.2. The van der Waals surface area contributed by atoms with Crippen LogP contribution in [0, 0.1) is 0 Å². The van der Waals surface area contributed by atoms with E-state index >= 15 is 0 Å². The predicted molar refractivity (Wildman–Crippen MR) is 100 cm³/mol. The van der Waals surface area contributed by atoms with Crippen LogP contribution in [0.3, 0.4) is 0 Å². The number of para-hydroxylation sites is 1. The van der Waals surface area contributed by atoms with Crippen LogP contribution >= 0.6 is 0 Å². The minimum Gasteiger partial charge on any atom is -0.478 e. The van der Waals surface area contributed by atoms with Crippen LogP contribution in [0.2, 0.25) is 0 Å².